The van der Waals surface area contributed by atoms with Crippen molar-refractivity contribution < 1.29 is 58.3 Å². The van der Waals surface area contributed by atoms with Crippen molar-refractivity contribution in [2.24, 2.45) is 0 Å². The number of allylic oxidation sites excluding steroid dienone is 2. The molecule has 0 saturated heterocycles. The van der Waals surface area contributed by atoms with Gasteiger partial charge in [-0.2, -0.15) is 0 Å². The SMILES string of the molecule is CCCCCCCC/C=C\CCCCCCCC(=O)OC(COCCCCCCCCCCCCC)COP(=O)(O)OC1C(O)C(O)C(O)C(O)C1O. The third kappa shape index (κ3) is 25.1. The quantitative estimate of drug-likeness (QED) is 0.0160. The van der Waals surface area contributed by atoms with Crippen LogP contribution in [-0.2, 0) is 27.9 Å². The van der Waals surface area contributed by atoms with E-state index in [1.165, 1.54) is 89.9 Å². The van der Waals surface area contributed by atoms with Crippen LogP contribution >= 0.6 is 7.82 Å². The van der Waals surface area contributed by atoms with Crippen LogP contribution in [0.5, 0.6) is 0 Å². The van der Waals surface area contributed by atoms with Gasteiger partial charge >= 0.3 is 13.8 Å². The van der Waals surface area contributed by atoms with E-state index < -0.39 is 63.1 Å². The maximum Gasteiger partial charge on any atom is 0.472 e. The number of hydrogen-bond donors (Lipinski definition) is 6. The Labute approximate surface area is 320 Å². The molecule has 53 heavy (non-hydrogen) atoms. The van der Waals surface area contributed by atoms with E-state index in [1.807, 2.05) is 0 Å². The summed E-state index contributed by atoms with van der Waals surface area (Å²) in [6.07, 6.45) is 20.0. The van der Waals surface area contributed by atoms with E-state index in [9.17, 15) is 39.8 Å². The van der Waals surface area contributed by atoms with Gasteiger partial charge in [0.15, 0.2) is 0 Å². The topological polar surface area (TPSA) is 192 Å². The van der Waals surface area contributed by atoms with Gasteiger partial charge in [0, 0.05) is 13.0 Å². The number of aliphatic hydroxyl groups excluding tert-OH is 5. The average Bonchev–Trinajstić information content (AvgIpc) is 3.14. The van der Waals surface area contributed by atoms with Crippen LogP contribution < -0.4 is 0 Å². The number of unbranched alkanes of at least 4 members (excludes halogenated alkanes) is 21. The second kappa shape index (κ2) is 32.2. The van der Waals surface area contributed by atoms with Crippen LogP contribution in [0.4, 0.5) is 0 Å². The zero-order valence-electron chi connectivity index (χ0n) is 33.1. The fraction of sp³-hybridized carbons (Fsp3) is 0.925. The predicted molar refractivity (Wildman–Crippen MR) is 207 cm³/mol. The summed E-state index contributed by atoms with van der Waals surface area (Å²) in [5, 5.41) is 50.0. The molecule has 0 aromatic rings. The molecule has 0 radical (unpaired) electrons. The molecule has 6 N–H and O–H groups in total. The number of esters is 1. The molecule has 0 heterocycles. The van der Waals surface area contributed by atoms with E-state index in [0.717, 1.165) is 57.8 Å². The molecule has 1 rings (SSSR count). The van der Waals surface area contributed by atoms with Crippen molar-refractivity contribution in [3.63, 3.8) is 0 Å². The van der Waals surface area contributed by atoms with Crippen molar-refractivity contribution in [1.29, 1.82) is 0 Å². The fourth-order valence-electron chi connectivity index (χ4n) is 6.47. The second-order valence-corrected chi connectivity index (χ2v) is 16.3. The first-order valence-electron chi connectivity index (χ1n) is 21.0. The Balaban J connectivity index is 2.44. The summed E-state index contributed by atoms with van der Waals surface area (Å²) in [5.74, 6) is -0.485. The van der Waals surface area contributed by atoms with E-state index in [4.69, 9.17) is 18.5 Å². The van der Waals surface area contributed by atoms with E-state index in [1.54, 1.807) is 0 Å². The predicted octanol–water partition coefficient (Wildman–Crippen LogP) is 7.58. The first-order valence-corrected chi connectivity index (χ1v) is 22.5. The van der Waals surface area contributed by atoms with E-state index >= 15 is 0 Å². The summed E-state index contributed by atoms with van der Waals surface area (Å²) < 4.78 is 34.0. The highest BCUT2D eigenvalue weighted by molar-refractivity contribution is 7.47. The lowest BCUT2D eigenvalue weighted by Gasteiger charge is -2.41. The molecule has 0 aromatic carbocycles. The summed E-state index contributed by atoms with van der Waals surface area (Å²) in [6, 6.07) is 0. The second-order valence-electron chi connectivity index (χ2n) is 14.8. The number of phosphoric ester groups is 1. The lowest BCUT2D eigenvalue weighted by Crippen LogP contribution is -2.64. The van der Waals surface area contributed by atoms with Gasteiger partial charge in [-0.1, -0.05) is 142 Å². The molecule has 6 atom stereocenters. The Morgan fingerprint density at radius 2 is 1.00 bits per heavy atom. The van der Waals surface area contributed by atoms with Gasteiger partial charge in [-0.3, -0.25) is 13.8 Å². The summed E-state index contributed by atoms with van der Waals surface area (Å²) in [4.78, 5) is 23.0. The molecular formula is C40H77O12P. The van der Waals surface area contributed by atoms with Crippen molar-refractivity contribution in [1.82, 2.24) is 0 Å². The van der Waals surface area contributed by atoms with Gasteiger partial charge in [-0.15, -0.1) is 0 Å². The van der Waals surface area contributed by atoms with Crippen molar-refractivity contribution in [3.05, 3.63) is 12.2 Å². The molecule has 0 bridgehead atoms. The molecule has 1 aliphatic rings. The molecule has 6 unspecified atom stereocenters. The smallest absolute Gasteiger partial charge is 0.457 e. The summed E-state index contributed by atoms with van der Waals surface area (Å²) >= 11 is 0. The van der Waals surface area contributed by atoms with Crippen molar-refractivity contribution >= 4 is 13.8 Å². The normalized spacial score (nSPS) is 23.7. The molecular weight excluding hydrogens is 703 g/mol. The van der Waals surface area contributed by atoms with Gasteiger partial charge in [-0.25, -0.2) is 4.57 Å². The first-order chi connectivity index (χ1) is 25.5. The zero-order valence-corrected chi connectivity index (χ0v) is 34.0. The molecule has 13 heteroatoms. The fourth-order valence-corrected chi connectivity index (χ4v) is 7.44. The average molecular weight is 781 g/mol. The first kappa shape index (κ1) is 50.1. The molecule has 1 fully saturated rings. The minimum Gasteiger partial charge on any atom is -0.457 e. The monoisotopic (exact) mass is 781 g/mol. The molecule has 0 aliphatic heterocycles. The Morgan fingerprint density at radius 1 is 0.585 bits per heavy atom. The van der Waals surface area contributed by atoms with Gasteiger partial charge in [0.05, 0.1) is 13.2 Å². The van der Waals surface area contributed by atoms with Crippen molar-refractivity contribution in [2.75, 3.05) is 19.8 Å². The van der Waals surface area contributed by atoms with Crippen LogP contribution in [-0.4, -0.2) is 98.9 Å². The van der Waals surface area contributed by atoms with Gasteiger partial charge < -0.3 is 39.9 Å². The van der Waals surface area contributed by atoms with Crippen molar-refractivity contribution in [3.8, 4) is 0 Å². The third-order valence-corrected chi connectivity index (χ3v) is 10.9. The molecule has 314 valence electrons. The number of hydrogen-bond acceptors (Lipinski definition) is 11. The lowest BCUT2D eigenvalue weighted by molar-refractivity contribution is -0.220. The number of carbonyl (C=O) groups excluding carboxylic acids is 1. The van der Waals surface area contributed by atoms with Gasteiger partial charge in [0.1, 0.15) is 42.7 Å². The third-order valence-electron chi connectivity index (χ3n) is 9.89. The number of aliphatic hydroxyl groups is 5. The molecule has 1 saturated carbocycles. The molecule has 0 aromatic heterocycles. The highest BCUT2D eigenvalue weighted by Crippen LogP contribution is 2.47. The summed E-state index contributed by atoms with van der Waals surface area (Å²) in [6.45, 7) is 4.23. The summed E-state index contributed by atoms with van der Waals surface area (Å²) in [5.41, 5.74) is 0. The van der Waals surface area contributed by atoms with Gasteiger partial charge in [0.25, 0.3) is 0 Å². The van der Waals surface area contributed by atoms with Crippen LogP contribution in [0.15, 0.2) is 12.2 Å². The van der Waals surface area contributed by atoms with Crippen LogP contribution in [0, 0.1) is 0 Å². The molecule has 0 spiro atoms. The molecule has 1 aliphatic carbocycles. The van der Waals surface area contributed by atoms with Crippen LogP contribution in [0.2, 0.25) is 0 Å². The minimum absolute atomic E-state index is 0.0752. The Bertz CT molecular complexity index is 937. The Hall–Kier alpha value is -0.920. The molecule has 0 amide bonds. The maximum absolute atomic E-state index is 12.8. The van der Waals surface area contributed by atoms with E-state index in [0.29, 0.717) is 13.0 Å². The Kier molecular flexibility index (Phi) is 30.4. The van der Waals surface area contributed by atoms with Crippen LogP contribution in [0.1, 0.15) is 174 Å². The zero-order chi connectivity index (χ0) is 39.2. The molecule has 12 nitrogen and oxygen atoms in total. The highest BCUT2D eigenvalue weighted by atomic mass is 31.2. The number of carbonyl (C=O) groups is 1. The Morgan fingerprint density at radius 3 is 1.49 bits per heavy atom. The number of rotatable bonds is 35. The largest absolute Gasteiger partial charge is 0.472 e. The van der Waals surface area contributed by atoms with Gasteiger partial charge in [0.2, 0.25) is 0 Å². The van der Waals surface area contributed by atoms with Crippen LogP contribution in [0.25, 0.3) is 0 Å². The number of phosphoric acid groups is 1. The highest BCUT2D eigenvalue weighted by Gasteiger charge is 2.51. The summed E-state index contributed by atoms with van der Waals surface area (Å²) in [7, 11) is -5.01. The van der Waals surface area contributed by atoms with Gasteiger partial charge in [-0.05, 0) is 38.5 Å². The number of ether oxygens (including phenoxy) is 2. The van der Waals surface area contributed by atoms with E-state index in [2.05, 4.69) is 26.0 Å². The van der Waals surface area contributed by atoms with Crippen LogP contribution in [0.3, 0.4) is 0 Å². The minimum atomic E-state index is -5.01. The standard InChI is InChI=1S/C40H77O12P/c1-3-5-7-9-11-13-15-16-17-18-19-21-23-25-27-29-34(41)51-33(31-49-30-28-26-24-22-20-14-12-10-8-6-4-2)32-50-53(47,48)52-40-38(45)36(43)35(42)37(44)39(40)46/h16-17,33,35-40,42-46H,3-15,18-32H2,1-2H3,(H,47,48)/b17-16-. The lowest BCUT2D eigenvalue weighted by atomic mass is 9.85. The maximum atomic E-state index is 12.8. The van der Waals surface area contributed by atoms with Crippen molar-refractivity contribution in [2.45, 2.75) is 217 Å². The van der Waals surface area contributed by atoms with E-state index in [-0.39, 0.29) is 13.0 Å².